The van der Waals surface area contributed by atoms with Crippen LogP contribution in [-0.2, 0) is 0 Å². The first-order chi connectivity index (χ1) is 10.2. The molecule has 1 heterocycles. The topological polar surface area (TPSA) is 72.0 Å². The van der Waals surface area contributed by atoms with Crippen LogP contribution in [0.3, 0.4) is 0 Å². The van der Waals surface area contributed by atoms with Gasteiger partial charge in [-0.05, 0) is 31.0 Å². The van der Waals surface area contributed by atoms with Crippen LogP contribution < -0.4 is 5.32 Å². The number of nitrogens with zero attached hydrogens (tertiary/aromatic N) is 3. The van der Waals surface area contributed by atoms with E-state index in [1.807, 2.05) is 12.1 Å². The van der Waals surface area contributed by atoms with Crippen molar-refractivity contribution in [3.05, 3.63) is 29.3 Å². The monoisotopic (exact) mass is 296 g/mol. The van der Waals surface area contributed by atoms with Crippen molar-refractivity contribution in [3.8, 4) is 12.1 Å². The summed E-state index contributed by atoms with van der Waals surface area (Å²) in [4.78, 5) is 4.89. The van der Waals surface area contributed by atoms with Gasteiger partial charge in [0, 0.05) is 11.4 Å². The van der Waals surface area contributed by atoms with E-state index in [1.54, 1.807) is 23.9 Å². The number of rotatable bonds is 1. The Hall–Kier alpha value is -1.98. The number of thioether (sulfide) groups is 1. The van der Waals surface area contributed by atoms with Crippen molar-refractivity contribution in [1.82, 2.24) is 0 Å². The highest BCUT2D eigenvalue weighted by Gasteiger charge is 2.36. The summed E-state index contributed by atoms with van der Waals surface area (Å²) in [6.45, 7) is 0. The van der Waals surface area contributed by atoms with Crippen molar-refractivity contribution in [3.63, 3.8) is 0 Å². The van der Waals surface area contributed by atoms with Crippen LogP contribution in [0.25, 0.3) is 0 Å². The number of nitrogens with one attached hydrogen (secondary N) is 1. The minimum Gasteiger partial charge on any atom is -0.335 e. The fraction of sp³-hybridized carbons (Fsp3) is 0.438. The third-order valence-corrected chi connectivity index (χ3v) is 5.26. The van der Waals surface area contributed by atoms with Crippen LogP contribution in [-0.4, -0.2) is 16.5 Å². The van der Waals surface area contributed by atoms with Crippen LogP contribution in [0.15, 0.2) is 23.2 Å². The first-order valence-electron chi connectivity index (χ1n) is 7.19. The molecule has 0 bridgehead atoms. The van der Waals surface area contributed by atoms with Crippen molar-refractivity contribution in [2.75, 3.05) is 11.1 Å². The average Bonchev–Trinajstić information content (AvgIpc) is 2.90. The summed E-state index contributed by atoms with van der Waals surface area (Å²) in [7, 11) is 0. The van der Waals surface area contributed by atoms with E-state index in [9.17, 15) is 0 Å². The Balaban J connectivity index is 1.77. The minimum absolute atomic E-state index is 0.135. The van der Waals surface area contributed by atoms with E-state index in [-0.39, 0.29) is 5.54 Å². The number of anilines is 1. The first kappa shape index (κ1) is 14.0. The van der Waals surface area contributed by atoms with Gasteiger partial charge in [0.1, 0.15) is 12.1 Å². The molecule has 106 valence electrons. The molecular formula is C16H16N4S. The molecule has 4 nitrogen and oxygen atoms in total. The summed E-state index contributed by atoms with van der Waals surface area (Å²) >= 11 is 1.76. The predicted octanol–water partition coefficient (Wildman–Crippen LogP) is 3.65. The van der Waals surface area contributed by atoms with Gasteiger partial charge in [-0.25, -0.2) is 0 Å². The highest BCUT2D eigenvalue weighted by molar-refractivity contribution is 8.14. The van der Waals surface area contributed by atoms with Gasteiger partial charge in [0.05, 0.1) is 16.7 Å². The fourth-order valence-electron chi connectivity index (χ4n) is 2.95. The van der Waals surface area contributed by atoms with Crippen LogP contribution >= 0.6 is 11.8 Å². The molecule has 1 spiro atoms. The van der Waals surface area contributed by atoms with Crippen LogP contribution in [0.2, 0.25) is 0 Å². The molecule has 3 rings (SSSR count). The second-order valence-electron chi connectivity index (χ2n) is 5.60. The van der Waals surface area contributed by atoms with Gasteiger partial charge in [0.15, 0.2) is 5.17 Å². The van der Waals surface area contributed by atoms with E-state index in [0.29, 0.717) is 11.1 Å². The van der Waals surface area contributed by atoms with Crippen LogP contribution in [0.4, 0.5) is 5.69 Å². The average molecular weight is 296 g/mol. The van der Waals surface area contributed by atoms with Gasteiger partial charge in [-0.15, -0.1) is 0 Å². The Bertz CT molecular complexity index is 660. The van der Waals surface area contributed by atoms with Gasteiger partial charge in [0.25, 0.3) is 0 Å². The van der Waals surface area contributed by atoms with E-state index < -0.39 is 0 Å². The Kier molecular flexibility index (Phi) is 3.86. The van der Waals surface area contributed by atoms with E-state index in [1.165, 1.54) is 32.1 Å². The first-order valence-corrected chi connectivity index (χ1v) is 8.17. The molecule has 0 amide bonds. The lowest BCUT2D eigenvalue weighted by Gasteiger charge is -2.29. The zero-order valence-corrected chi connectivity index (χ0v) is 12.5. The number of aliphatic imine (C=N–C) groups is 1. The summed E-state index contributed by atoms with van der Waals surface area (Å²) in [5.41, 5.74) is 1.77. The van der Waals surface area contributed by atoms with E-state index in [0.717, 1.165) is 16.6 Å². The number of nitriles is 2. The molecule has 1 aromatic carbocycles. The van der Waals surface area contributed by atoms with Gasteiger partial charge in [-0.1, -0.05) is 31.0 Å². The summed E-state index contributed by atoms with van der Waals surface area (Å²) in [6, 6.07) is 9.31. The standard InChI is InChI=1S/C16H16N4S/c17-9-12-4-5-14(8-13(12)10-18)19-15-20-16(11-21-15)6-2-1-3-7-16/h4-5,8H,1-3,6-7,11H2,(H,19,20). The normalized spacial score (nSPS) is 19.6. The molecule has 2 aliphatic rings. The second kappa shape index (κ2) is 5.79. The molecule has 0 saturated heterocycles. The SMILES string of the molecule is N#Cc1ccc(NC2=NC3(CCCCC3)CS2)cc1C#N. The summed E-state index contributed by atoms with van der Waals surface area (Å²) in [5.74, 6) is 1.05. The largest absolute Gasteiger partial charge is 0.335 e. The quantitative estimate of drug-likeness (QED) is 0.858. The van der Waals surface area contributed by atoms with E-state index in [2.05, 4.69) is 11.4 Å². The number of amidine groups is 1. The Labute approximate surface area is 128 Å². The maximum Gasteiger partial charge on any atom is 0.161 e. The molecular weight excluding hydrogens is 280 g/mol. The number of hydrogen-bond donors (Lipinski definition) is 1. The van der Waals surface area contributed by atoms with Gasteiger partial charge >= 0.3 is 0 Å². The molecule has 0 unspecified atom stereocenters. The lowest BCUT2D eigenvalue weighted by molar-refractivity contribution is 0.335. The van der Waals surface area contributed by atoms with E-state index >= 15 is 0 Å². The van der Waals surface area contributed by atoms with Crippen molar-refractivity contribution in [2.45, 2.75) is 37.6 Å². The predicted molar refractivity (Wildman–Crippen MR) is 85.2 cm³/mol. The van der Waals surface area contributed by atoms with Crippen molar-refractivity contribution in [2.24, 2.45) is 4.99 Å². The van der Waals surface area contributed by atoms with Gasteiger partial charge in [0.2, 0.25) is 0 Å². The second-order valence-corrected chi connectivity index (χ2v) is 6.56. The highest BCUT2D eigenvalue weighted by Crippen LogP contribution is 2.39. The third-order valence-electron chi connectivity index (χ3n) is 4.11. The summed E-state index contributed by atoms with van der Waals surface area (Å²) < 4.78 is 0. The van der Waals surface area contributed by atoms with Crippen molar-refractivity contribution < 1.29 is 0 Å². The van der Waals surface area contributed by atoms with E-state index in [4.69, 9.17) is 15.5 Å². The molecule has 5 heteroatoms. The van der Waals surface area contributed by atoms with Gasteiger partial charge < -0.3 is 5.32 Å². The molecule has 1 aliphatic carbocycles. The minimum atomic E-state index is 0.135. The zero-order valence-electron chi connectivity index (χ0n) is 11.7. The molecule has 1 aliphatic heterocycles. The highest BCUT2D eigenvalue weighted by atomic mass is 32.2. The van der Waals surface area contributed by atoms with Crippen molar-refractivity contribution in [1.29, 1.82) is 10.5 Å². The van der Waals surface area contributed by atoms with Gasteiger partial charge in [-0.2, -0.15) is 10.5 Å². The van der Waals surface area contributed by atoms with Crippen molar-refractivity contribution >= 4 is 22.6 Å². The smallest absolute Gasteiger partial charge is 0.161 e. The number of benzene rings is 1. The molecule has 1 fully saturated rings. The molecule has 1 aromatic rings. The van der Waals surface area contributed by atoms with Crippen LogP contribution in [0.1, 0.15) is 43.2 Å². The van der Waals surface area contributed by atoms with Gasteiger partial charge in [-0.3, -0.25) is 4.99 Å². The molecule has 21 heavy (non-hydrogen) atoms. The zero-order chi connectivity index (χ0) is 14.7. The third kappa shape index (κ3) is 2.89. The summed E-state index contributed by atoms with van der Waals surface area (Å²) in [6.07, 6.45) is 6.23. The lowest BCUT2D eigenvalue weighted by Crippen LogP contribution is -2.29. The fourth-order valence-corrected chi connectivity index (χ4v) is 4.16. The molecule has 0 atom stereocenters. The van der Waals surface area contributed by atoms with Crippen LogP contribution in [0, 0.1) is 22.7 Å². The molecule has 0 radical (unpaired) electrons. The maximum atomic E-state index is 9.07. The Morgan fingerprint density at radius 3 is 2.57 bits per heavy atom. The molecule has 1 saturated carbocycles. The molecule has 1 N–H and O–H groups in total. The number of hydrogen-bond acceptors (Lipinski definition) is 5. The maximum absolute atomic E-state index is 9.07. The van der Waals surface area contributed by atoms with Crippen LogP contribution in [0.5, 0.6) is 0 Å². The summed E-state index contributed by atoms with van der Waals surface area (Å²) in [5, 5.41) is 22.2. The Morgan fingerprint density at radius 1 is 1.10 bits per heavy atom. The Morgan fingerprint density at radius 2 is 1.86 bits per heavy atom. The molecule has 0 aromatic heterocycles. The lowest BCUT2D eigenvalue weighted by atomic mass is 9.84.